The normalized spacial score (nSPS) is 12.4. The van der Waals surface area contributed by atoms with Crippen LogP contribution in [0.1, 0.15) is 36.3 Å². The lowest BCUT2D eigenvalue weighted by Gasteiger charge is -2.16. The Morgan fingerprint density at radius 2 is 2.10 bits per heavy atom. The molecule has 1 unspecified atom stereocenters. The maximum Gasteiger partial charge on any atom is 0.162 e. The highest BCUT2D eigenvalue weighted by Crippen LogP contribution is 2.28. The predicted molar refractivity (Wildman–Crippen MR) is 78.9 cm³/mol. The molecule has 4 nitrogen and oxygen atoms in total. The second kappa shape index (κ2) is 6.57. The summed E-state index contributed by atoms with van der Waals surface area (Å²) in [5.41, 5.74) is 3.09. The van der Waals surface area contributed by atoms with E-state index in [1.54, 1.807) is 13.3 Å². The van der Waals surface area contributed by atoms with Gasteiger partial charge in [0.15, 0.2) is 5.75 Å². The minimum Gasteiger partial charge on any atom is -0.493 e. The molecule has 0 bridgehead atoms. The number of benzene rings is 1. The van der Waals surface area contributed by atoms with E-state index in [2.05, 4.69) is 25.0 Å². The van der Waals surface area contributed by atoms with Gasteiger partial charge in [-0.3, -0.25) is 4.68 Å². The summed E-state index contributed by atoms with van der Waals surface area (Å²) in [4.78, 5) is 0. The quantitative estimate of drug-likeness (QED) is 0.881. The van der Waals surface area contributed by atoms with Crippen molar-refractivity contribution in [3.8, 4) is 5.75 Å². The Kier molecular flexibility index (Phi) is 4.79. The molecule has 1 atom stereocenters. The van der Waals surface area contributed by atoms with Gasteiger partial charge in [0.2, 0.25) is 0 Å². The largest absolute Gasteiger partial charge is 0.493 e. The zero-order valence-electron chi connectivity index (χ0n) is 12.3. The Labute approximate surface area is 120 Å². The molecule has 0 aliphatic carbocycles. The van der Waals surface area contributed by atoms with Gasteiger partial charge in [-0.1, -0.05) is 31.2 Å². The molecule has 108 valence electrons. The van der Waals surface area contributed by atoms with E-state index in [0.29, 0.717) is 12.2 Å². The second-order valence-corrected chi connectivity index (χ2v) is 4.97. The van der Waals surface area contributed by atoms with E-state index in [1.165, 1.54) is 5.56 Å². The number of ether oxygens (including phenoxy) is 1. The minimum atomic E-state index is -0.611. The summed E-state index contributed by atoms with van der Waals surface area (Å²) >= 11 is 0. The number of aromatic nitrogens is 2. The first-order chi connectivity index (χ1) is 9.67. The monoisotopic (exact) mass is 274 g/mol. The number of nitrogens with zero attached hydrogens (tertiary/aromatic N) is 2. The van der Waals surface area contributed by atoms with Crippen LogP contribution in [0.15, 0.2) is 30.5 Å². The van der Waals surface area contributed by atoms with Gasteiger partial charge in [0.05, 0.1) is 13.3 Å². The van der Waals surface area contributed by atoms with Crippen LogP contribution in [0.5, 0.6) is 5.75 Å². The number of hydrogen-bond donors (Lipinski definition) is 1. The van der Waals surface area contributed by atoms with Crippen LogP contribution in [-0.2, 0) is 13.0 Å². The summed E-state index contributed by atoms with van der Waals surface area (Å²) in [7, 11) is 1.61. The fraction of sp³-hybridized carbons (Fsp3) is 0.438. The van der Waals surface area contributed by atoms with E-state index >= 15 is 0 Å². The van der Waals surface area contributed by atoms with Crippen LogP contribution in [0.25, 0.3) is 0 Å². The first-order valence-corrected chi connectivity index (χ1v) is 6.99. The topological polar surface area (TPSA) is 47.3 Å². The van der Waals surface area contributed by atoms with Crippen molar-refractivity contribution in [2.45, 2.75) is 39.3 Å². The zero-order chi connectivity index (χ0) is 14.5. The number of rotatable bonds is 6. The van der Waals surface area contributed by atoms with Crippen molar-refractivity contribution < 1.29 is 9.84 Å². The minimum absolute atomic E-state index is 0.568. The number of aryl methyl sites for hydroxylation is 2. The van der Waals surface area contributed by atoms with Crippen LogP contribution in [0.2, 0.25) is 0 Å². The lowest BCUT2D eigenvalue weighted by atomic mass is 10.0. The third kappa shape index (κ3) is 3.02. The Morgan fingerprint density at radius 1 is 1.35 bits per heavy atom. The van der Waals surface area contributed by atoms with Crippen molar-refractivity contribution in [1.82, 2.24) is 9.78 Å². The number of methoxy groups -OCH3 is 1. The molecule has 1 aromatic carbocycles. The molecule has 0 fully saturated rings. The van der Waals surface area contributed by atoms with Gasteiger partial charge in [-0.2, -0.15) is 5.10 Å². The molecular weight excluding hydrogens is 252 g/mol. The van der Waals surface area contributed by atoms with Crippen molar-refractivity contribution >= 4 is 0 Å². The van der Waals surface area contributed by atoms with Crippen LogP contribution in [0.4, 0.5) is 0 Å². The fourth-order valence-electron chi connectivity index (χ4n) is 2.41. The fourth-order valence-corrected chi connectivity index (χ4v) is 2.41. The first kappa shape index (κ1) is 14.6. The second-order valence-electron chi connectivity index (χ2n) is 4.97. The van der Waals surface area contributed by atoms with Gasteiger partial charge in [0, 0.05) is 13.0 Å². The van der Waals surface area contributed by atoms with Gasteiger partial charge >= 0.3 is 0 Å². The molecule has 4 heteroatoms. The Morgan fingerprint density at radius 3 is 2.75 bits per heavy atom. The maximum absolute atomic E-state index is 10.6. The Hall–Kier alpha value is -1.81. The molecule has 0 amide bonds. The molecular formula is C16H22N2O2. The van der Waals surface area contributed by atoms with Crippen LogP contribution in [0.3, 0.4) is 0 Å². The van der Waals surface area contributed by atoms with Crippen molar-refractivity contribution in [1.29, 1.82) is 0 Å². The molecule has 0 saturated carbocycles. The maximum atomic E-state index is 10.6. The average molecular weight is 274 g/mol. The van der Waals surface area contributed by atoms with Crippen molar-refractivity contribution in [3.63, 3.8) is 0 Å². The van der Waals surface area contributed by atoms with Crippen molar-refractivity contribution in [2.24, 2.45) is 0 Å². The Bertz CT molecular complexity index is 563. The molecule has 2 aromatic rings. The van der Waals surface area contributed by atoms with Gasteiger partial charge in [0.1, 0.15) is 11.8 Å². The smallest absolute Gasteiger partial charge is 0.162 e. The van der Waals surface area contributed by atoms with E-state index in [1.807, 2.05) is 22.9 Å². The first-order valence-electron chi connectivity index (χ1n) is 6.99. The number of aliphatic hydroxyl groups excluding tert-OH is 1. The lowest BCUT2D eigenvalue weighted by molar-refractivity contribution is 0.162. The van der Waals surface area contributed by atoms with Gasteiger partial charge in [0.25, 0.3) is 0 Å². The van der Waals surface area contributed by atoms with E-state index in [9.17, 15) is 5.11 Å². The van der Waals surface area contributed by atoms with Crippen LogP contribution in [-0.4, -0.2) is 22.0 Å². The zero-order valence-corrected chi connectivity index (χ0v) is 12.3. The van der Waals surface area contributed by atoms with Crippen LogP contribution < -0.4 is 4.74 Å². The van der Waals surface area contributed by atoms with Crippen molar-refractivity contribution in [2.75, 3.05) is 7.11 Å². The number of aliphatic hydroxyl groups is 1. The van der Waals surface area contributed by atoms with E-state index in [0.717, 1.165) is 24.2 Å². The van der Waals surface area contributed by atoms with Gasteiger partial charge in [-0.25, -0.2) is 0 Å². The van der Waals surface area contributed by atoms with Crippen LogP contribution in [0, 0.1) is 6.92 Å². The van der Waals surface area contributed by atoms with Gasteiger partial charge < -0.3 is 9.84 Å². The highest BCUT2D eigenvalue weighted by molar-refractivity contribution is 5.31. The summed E-state index contributed by atoms with van der Waals surface area (Å²) < 4.78 is 7.15. The molecule has 1 aromatic heterocycles. The summed E-state index contributed by atoms with van der Waals surface area (Å²) in [6.07, 6.45) is 2.60. The molecule has 0 radical (unpaired) electrons. The van der Waals surface area contributed by atoms with Gasteiger partial charge in [-0.15, -0.1) is 0 Å². The molecule has 0 spiro atoms. The highest BCUT2D eigenvalue weighted by atomic mass is 16.5. The third-order valence-corrected chi connectivity index (χ3v) is 3.49. The third-order valence-electron chi connectivity index (χ3n) is 3.49. The van der Waals surface area contributed by atoms with Crippen LogP contribution >= 0.6 is 0 Å². The SMILES string of the molecule is CCCn1ncc(OC)c1C(O)Cc1ccccc1C. The average Bonchev–Trinajstić information content (AvgIpc) is 2.85. The molecule has 1 N–H and O–H groups in total. The molecule has 20 heavy (non-hydrogen) atoms. The molecule has 1 heterocycles. The summed E-state index contributed by atoms with van der Waals surface area (Å²) in [6, 6.07) is 8.11. The number of hydrogen-bond acceptors (Lipinski definition) is 3. The molecule has 2 rings (SSSR count). The Balaban J connectivity index is 2.26. The van der Waals surface area contributed by atoms with E-state index in [-0.39, 0.29) is 0 Å². The molecule has 0 aliphatic heterocycles. The molecule has 0 saturated heterocycles. The van der Waals surface area contributed by atoms with Gasteiger partial charge in [-0.05, 0) is 24.5 Å². The van der Waals surface area contributed by atoms with Crippen molar-refractivity contribution in [3.05, 3.63) is 47.3 Å². The summed E-state index contributed by atoms with van der Waals surface area (Å²) in [6.45, 7) is 4.93. The highest BCUT2D eigenvalue weighted by Gasteiger charge is 2.20. The standard InChI is InChI=1S/C16H22N2O2/c1-4-9-18-16(15(20-3)11-17-18)14(19)10-13-8-6-5-7-12(13)2/h5-8,11,14,19H,4,9-10H2,1-3H3. The van der Waals surface area contributed by atoms with E-state index < -0.39 is 6.10 Å². The van der Waals surface area contributed by atoms with E-state index in [4.69, 9.17) is 4.74 Å². The summed E-state index contributed by atoms with van der Waals surface area (Å²) in [5.74, 6) is 0.652. The molecule has 0 aliphatic rings. The predicted octanol–water partition coefficient (Wildman–Crippen LogP) is 2.89. The summed E-state index contributed by atoms with van der Waals surface area (Å²) in [5, 5.41) is 14.9. The lowest BCUT2D eigenvalue weighted by Crippen LogP contribution is -2.12.